The van der Waals surface area contributed by atoms with Gasteiger partial charge in [0.25, 0.3) is 5.91 Å². The summed E-state index contributed by atoms with van der Waals surface area (Å²) in [7, 11) is -3.91. The maximum absolute atomic E-state index is 12.7. The number of rotatable bonds is 5. The summed E-state index contributed by atoms with van der Waals surface area (Å²) in [6.45, 7) is 0.994. The van der Waals surface area contributed by atoms with Crippen molar-refractivity contribution in [3.8, 4) is 5.75 Å². The highest BCUT2D eigenvalue weighted by Gasteiger charge is 2.35. The van der Waals surface area contributed by atoms with Gasteiger partial charge in [-0.3, -0.25) is 4.79 Å². The average Bonchev–Trinajstić information content (AvgIpc) is 3.36. The fraction of sp³-hybridized carbons (Fsp3) is 0.286. The summed E-state index contributed by atoms with van der Waals surface area (Å²) >= 11 is 0. The Kier molecular flexibility index (Phi) is 6.42. The molecule has 3 heterocycles. The second-order valence-electron chi connectivity index (χ2n) is 7.89. The molecule has 1 aromatic heterocycles. The Hall–Kier alpha value is -3.65. The normalized spacial score (nSPS) is 15.9. The predicted molar refractivity (Wildman–Crippen MR) is 113 cm³/mol. The van der Waals surface area contributed by atoms with Gasteiger partial charge in [0.05, 0.1) is 0 Å². The van der Waals surface area contributed by atoms with Crippen molar-refractivity contribution in [1.82, 2.24) is 14.8 Å². The molecule has 0 aliphatic carbocycles. The second kappa shape index (κ2) is 9.19. The van der Waals surface area contributed by atoms with Crippen LogP contribution in [0.5, 0.6) is 5.75 Å². The SMILES string of the molecule is NS(=O)(=O)c1ccc(C(=O)N2CC3=C(CN(C(=O)OCc4ccc(OC(F)(F)F)cc4)C3)C2)nc1. The van der Waals surface area contributed by atoms with Gasteiger partial charge in [0, 0.05) is 32.4 Å². The molecule has 0 saturated carbocycles. The van der Waals surface area contributed by atoms with E-state index in [1.807, 2.05) is 0 Å². The molecule has 0 spiro atoms. The molecule has 2 N–H and O–H groups in total. The first kappa shape index (κ1) is 24.5. The maximum Gasteiger partial charge on any atom is 0.573 e. The molecule has 4 rings (SSSR count). The van der Waals surface area contributed by atoms with Crippen LogP contribution in [0.1, 0.15) is 16.1 Å². The number of nitrogens with zero attached hydrogens (tertiary/aromatic N) is 3. The standard InChI is InChI=1S/C21H19F3N4O6S/c22-21(23,24)34-16-3-1-13(2-4-16)12-33-20(30)28-10-14-8-27(9-15(14)11-28)19(29)18-6-5-17(7-26-18)35(25,31)32/h1-7H,8-12H2,(H2,25,31,32). The number of benzene rings is 1. The third-order valence-corrected chi connectivity index (χ3v) is 6.27. The first-order valence-electron chi connectivity index (χ1n) is 10.1. The number of carbonyl (C=O) groups is 2. The Balaban J connectivity index is 1.26. The van der Waals surface area contributed by atoms with Crippen molar-refractivity contribution in [1.29, 1.82) is 0 Å². The molecule has 0 radical (unpaired) electrons. The lowest BCUT2D eigenvalue weighted by atomic mass is 10.2. The number of nitrogens with two attached hydrogens (primary N) is 1. The number of carbonyl (C=O) groups excluding carboxylic acids is 2. The van der Waals surface area contributed by atoms with Crippen LogP contribution in [-0.4, -0.2) is 67.7 Å². The monoisotopic (exact) mass is 512 g/mol. The molecule has 0 saturated heterocycles. The van der Waals surface area contributed by atoms with Crippen molar-refractivity contribution in [2.24, 2.45) is 5.14 Å². The molecule has 186 valence electrons. The third-order valence-electron chi connectivity index (χ3n) is 5.38. The number of primary sulfonamides is 1. The zero-order valence-electron chi connectivity index (χ0n) is 18.0. The van der Waals surface area contributed by atoms with Gasteiger partial charge in [-0.15, -0.1) is 13.2 Å². The smallest absolute Gasteiger partial charge is 0.445 e. The Bertz CT molecular complexity index is 1260. The fourth-order valence-electron chi connectivity index (χ4n) is 3.71. The average molecular weight is 512 g/mol. The van der Waals surface area contributed by atoms with Crippen LogP contribution in [-0.2, 0) is 21.4 Å². The van der Waals surface area contributed by atoms with Gasteiger partial charge in [-0.05, 0) is 41.0 Å². The van der Waals surface area contributed by atoms with Crippen molar-refractivity contribution in [2.45, 2.75) is 17.9 Å². The number of pyridine rings is 1. The number of aromatic nitrogens is 1. The van der Waals surface area contributed by atoms with Gasteiger partial charge in [0.15, 0.2) is 0 Å². The molecule has 0 unspecified atom stereocenters. The van der Waals surface area contributed by atoms with Crippen LogP contribution in [0.25, 0.3) is 0 Å². The predicted octanol–water partition coefficient (Wildman–Crippen LogP) is 2.03. The summed E-state index contributed by atoms with van der Waals surface area (Å²) in [4.78, 5) is 31.8. The number of ether oxygens (including phenoxy) is 2. The van der Waals surface area contributed by atoms with Gasteiger partial charge in [0.2, 0.25) is 10.0 Å². The zero-order valence-corrected chi connectivity index (χ0v) is 18.8. The van der Waals surface area contributed by atoms with Gasteiger partial charge in [-0.1, -0.05) is 12.1 Å². The van der Waals surface area contributed by atoms with Crippen LogP contribution in [0.2, 0.25) is 0 Å². The third kappa shape index (κ3) is 5.89. The lowest BCUT2D eigenvalue weighted by Gasteiger charge is -2.22. The van der Waals surface area contributed by atoms with Gasteiger partial charge in [0.1, 0.15) is 22.9 Å². The summed E-state index contributed by atoms with van der Waals surface area (Å²) in [5.41, 5.74) is 2.35. The van der Waals surface area contributed by atoms with E-state index in [2.05, 4.69) is 9.72 Å². The number of hydrogen-bond donors (Lipinski definition) is 1. The molecule has 2 aromatic rings. The molecule has 2 aliphatic heterocycles. The Morgan fingerprint density at radius 2 is 1.57 bits per heavy atom. The van der Waals surface area contributed by atoms with E-state index in [9.17, 15) is 31.2 Å². The van der Waals surface area contributed by atoms with E-state index in [1.54, 1.807) is 0 Å². The molecular formula is C21H19F3N4O6S. The van der Waals surface area contributed by atoms with Crippen LogP contribution >= 0.6 is 0 Å². The summed E-state index contributed by atoms with van der Waals surface area (Å²) < 4.78 is 68.4. The topological polar surface area (TPSA) is 132 Å². The minimum Gasteiger partial charge on any atom is -0.445 e. The van der Waals surface area contributed by atoms with E-state index in [1.165, 1.54) is 34.1 Å². The number of alkyl halides is 3. The van der Waals surface area contributed by atoms with Crippen molar-refractivity contribution in [3.63, 3.8) is 0 Å². The second-order valence-corrected chi connectivity index (χ2v) is 9.46. The number of amides is 2. The summed E-state index contributed by atoms with van der Waals surface area (Å²) in [5.74, 6) is -0.755. The number of halogens is 3. The van der Waals surface area contributed by atoms with Crippen molar-refractivity contribution >= 4 is 22.0 Å². The van der Waals surface area contributed by atoms with Crippen molar-refractivity contribution < 1.29 is 40.7 Å². The summed E-state index contributed by atoms with van der Waals surface area (Å²) in [5, 5.41) is 5.03. The van der Waals surface area contributed by atoms with Crippen LogP contribution in [0.3, 0.4) is 0 Å². The molecule has 2 aliphatic rings. The van der Waals surface area contributed by atoms with Crippen LogP contribution in [0.4, 0.5) is 18.0 Å². The fourth-order valence-corrected chi connectivity index (χ4v) is 4.17. The van der Waals surface area contributed by atoms with Crippen LogP contribution in [0, 0.1) is 0 Å². The highest BCUT2D eigenvalue weighted by atomic mass is 32.2. The lowest BCUT2D eigenvalue weighted by Crippen LogP contribution is -2.36. The molecule has 10 nitrogen and oxygen atoms in total. The van der Waals surface area contributed by atoms with E-state index < -0.39 is 22.5 Å². The molecule has 0 fully saturated rings. The first-order chi connectivity index (χ1) is 16.4. The molecule has 0 bridgehead atoms. The Morgan fingerprint density at radius 1 is 0.971 bits per heavy atom. The van der Waals surface area contributed by atoms with Gasteiger partial charge < -0.3 is 19.3 Å². The van der Waals surface area contributed by atoms with Crippen LogP contribution in [0.15, 0.2) is 58.6 Å². The number of sulfonamides is 1. The number of hydrogen-bond acceptors (Lipinski definition) is 7. The van der Waals surface area contributed by atoms with Gasteiger partial charge >= 0.3 is 12.5 Å². The van der Waals surface area contributed by atoms with Crippen LogP contribution < -0.4 is 9.88 Å². The summed E-state index contributed by atoms with van der Waals surface area (Å²) in [6, 6.07) is 7.49. The molecule has 35 heavy (non-hydrogen) atoms. The van der Waals surface area contributed by atoms with Crippen molar-refractivity contribution in [3.05, 3.63) is 65.0 Å². The minimum absolute atomic E-state index is 0.0708. The van der Waals surface area contributed by atoms with E-state index in [0.717, 1.165) is 29.5 Å². The Labute approximate surface area is 197 Å². The molecule has 0 atom stereocenters. The lowest BCUT2D eigenvalue weighted by molar-refractivity contribution is -0.274. The summed E-state index contributed by atoms with van der Waals surface area (Å²) in [6.07, 6.45) is -4.35. The highest BCUT2D eigenvalue weighted by molar-refractivity contribution is 7.89. The van der Waals surface area contributed by atoms with E-state index in [-0.39, 0.29) is 55.0 Å². The quantitative estimate of drug-likeness (QED) is 0.607. The van der Waals surface area contributed by atoms with Gasteiger partial charge in [-0.25, -0.2) is 23.3 Å². The largest absolute Gasteiger partial charge is 0.573 e. The first-order valence-corrected chi connectivity index (χ1v) is 11.7. The molecule has 1 aromatic carbocycles. The molecule has 14 heteroatoms. The molecular weight excluding hydrogens is 493 g/mol. The molecule has 2 amide bonds. The maximum atomic E-state index is 12.7. The Morgan fingerprint density at radius 3 is 2.09 bits per heavy atom. The van der Waals surface area contributed by atoms with Gasteiger partial charge in [-0.2, -0.15) is 0 Å². The minimum atomic E-state index is -4.79. The highest BCUT2D eigenvalue weighted by Crippen LogP contribution is 2.27. The zero-order chi connectivity index (χ0) is 25.4. The van der Waals surface area contributed by atoms with E-state index >= 15 is 0 Å². The van der Waals surface area contributed by atoms with E-state index in [4.69, 9.17) is 9.88 Å². The van der Waals surface area contributed by atoms with Crippen molar-refractivity contribution in [2.75, 3.05) is 26.2 Å². The van der Waals surface area contributed by atoms with E-state index in [0.29, 0.717) is 5.56 Å².